The quantitative estimate of drug-likeness (QED) is 0.0160. The van der Waals surface area contributed by atoms with E-state index in [1.807, 2.05) is 30.3 Å². The molecule has 7 N–H and O–H groups in total. The Bertz CT molecular complexity index is 3340. The molecular formula is C42H42Cl2N10O16S4. The van der Waals surface area contributed by atoms with Crippen molar-refractivity contribution in [2.75, 3.05) is 54.9 Å². The molecule has 0 saturated carbocycles. The molecule has 26 nitrogen and oxygen atoms in total. The first-order valence-electron chi connectivity index (χ1n) is 20.9. The molecule has 0 bridgehead atoms. The molecule has 0 aliphatic rings. The lowest BCUT2D eigenvalue weighted by molar-refractivity contribution is 0.317. The van der Waals surface area contributed by atoms with E-state index in [9.17, 15) is 51.9 Å². The zero-order chi connectivity index (χ0) is 53.8. The number of halogens is 2. The predicted molar refractivity (Wildman–Crippen MR) is 270 cm³/mol. The van der Waals surface area contributed by atoms with Gasteiger partial charge in [0.05, 0.1) is 71.7 Å². The van der Waals surface area contributed by atoms with Gasteiger partial charge in [-0.3, -0.25) is 18.2 Å². The van der Waals surface area contributed by atoms with Crippen LogP contribution in [-0.2, 0) is 47.0 Å². The highest BCUT2D eigenvalue weighted by Crippen LogP contribution is 2.41. The van der Waals surface area contributed by atoms with E-state index < -0.39 is 61.8 Å². The van der Waals surface area contributed by atoms with E-state index in [4.69, 9.17) is 42.1 Å². The lowest BCUT2D eigenvalue weighted by atomic mass is 10.2. The highest BCUT2D eigenvalue weighted by Gasteiger charge is 2.21. The summed E-state index contributed by atoms with van der Waals surface area (Å²) in [6.45, 7) is -0.331. The van der Waals surface area contributed by atoms with Crippen LogP contribution in [0.3, 0.4) is 0 Å². The van der Waals surface area contributed by atoms with Crippen molar-refractivity contribution in [3.05, 3.63) is 107 Å². The van der Waals surface area contributed by atoms with Gasteiger partial charge in [-0.15, -0.1) is 10.2 Å². The topological polar surface area (TPSA) is 379 Å². The van der Waals surface area contributed by atoms with Gasteiger partial charge in [-0.25, -0.2) is 0 Å². The van der Waals surface area contributed by atoms with Crippen molar-refractivity contribution in [2.45, 2.75) is 29.2 Å². The van der Waals surface area contributed by atoms with Gasteiger partial charge in [0.15, 0.2) is 0 Å². The van der Waals surface area contributed by atoms with Crippen molar-refractivity contribution in [2.24, 2.45) is 20.5 Å². The Labute approximate surface area is 433 Å². The van der Waals surface area contributed by atoms with Gasteiger partial charge in [0, 0.05) is 18.7 Å². The average Bonchev–Trinajstić information content (AvgIpc) is 3.32. The molecule has 0 amide bonds. The number of nitrogens with one attached hydrogen (secondary N) is 3. The van der Waals surface area contributed by atoms with Crippen LogP contribution < -0.4 is 34.9 Å². The van der Waals surface area contributed by atoms with Gasteiger partial charge in [-0.1, -0.05) is 53.5 Å². The van der Waals surface area contributed by atoms with Gasteiger partial charge < -0.3 is 34.9 Å². The molecule has 0 spiro atoms. The van der Waals surface area contributed by atoms with Crippen molar-refractivity contribution in [3.63, 3.8) is 0 Å². The number of azo groups is 2. The van der Waals surface area contributed by atoms with Gasteiger partial charge in [-0.2, -0.15) is 58.9 Å². The van der Waals surface area contributed by atoms with Crippen molar-refractivity contribution in [3.8, 4) is 23.0 Å². The highest BCUT2D eigenvalue weighted by atomic mass is 35.5. The molecule has 0 fully saturated rings. The number of ether oxygens (including phenoxy) is 4. The maximum atomic E-state index is 12.0. The Morgan fingerprint density at radius 2 is 0.946 bits per heavy atom. The second-order valence-electron chi connectivity index (χ2n) is 15.0. The van der Waals surface area contributed by atoms with Crippen LogP contribution >= 0.6 is 23.2 Å². The third-order valence-corrected chi connectivity index (χ3v) is 13.5. The summed E-state index contributed by atoms with van der Waals surface area (Å²) in [7, 11) is -15.8. The number of nitrogens with zero attached hydrogens (tertiary/aromatic N) is 7. The summed E-state index contributed by atoms with van der Waals surface area (Å²) in [6.07, 6.45) is -0.344. The van der Waals surface area contributed by atoms with Crippen LogP contribution in [0.1, 0.15) is 18.4 Å². The van der Waals surface area contributed by atoms with E-state index in [-0.39, 0.29) is 118 Å². The van der Waals surface area contributed by atoms with Crippen LogP contribution in [0.4, 0.5) is 52.0 Å². The number of methoxy groups -OCH3 is 2. The van der Waals surface area contributed by atoms with Crippen molar-refractivity contribution < 1.29 is 70.8 Å². The second-order valence-corrected chi connectivity index (χ2v) is 21.7. The lowest BCUT2D eigenvalue weighted by Gasteiger charge is -2.17. The number of anilines is 5. The summed E-state index contributed by atoms with van der Waals surface area (Å²) in [6, 6.07) is 21.6. The maximum absolute atomic E-state index is 12.0. The average molecular weight is 1140 g/mol. The number of hydrogen-bond acceptors (Lipinski definition) is 22. The van der Waals surface area contributed by atoms with Crippen LogP contribution in [0.15, 0.2) is 121 Å². The minimum Gasteiger partial charge on any atom is -0.495 e. The van der Waals surface area contributed by atoms with Gasteiger partial charge in [-0.05, 0) is 66.9 Å². The van der Waals surface area contributed by atoms with Gasteiger partial charge in [0.2, 0.25) is 17.8 Å². The number of aromatic nitrogens is 3. The van der Waals surface area contributed by atoms with Crippen LogP contribution in [0.2, 0.25) is 10.0 Å². The van der Waals surface area contributed by atoms with E-state index >= 15 is 0 Å². The number of hydrogen-bond donors (Lipinski definition) is 7. The summed E-state index contributed by atoms with van der Waals surface area (Å²) in [4.78, 5) is 12.4. The summed E-state index contributed by atoms with van der Waals surface area (Å²) in [5, 5.41) is 25.3. The van der Waals surface area contributed by atoms with Crippen LogP contribution in [0.5, 0.6) is 23.0 Å². The zero-order valence-corrected chi connectivity index (χ0v) is 43.1. The SMILES string of the molecule is COc1ccc(N=Nc2cc(OCCCS(=O)(=O)O)c(Nc3nc(NCc4ccccc4)nc(Nc4cc(Cl)c(N=Nc5ccc(OC)c(S(=O)(=O)O)c5)cc4OCCCS(=O)(=O)O)n3)cc2Cl)cc1S(=O)(=O)O. The summed E-state index contributed by atoms with van der Waals surface area (Å²) < 4.78 is 154. The lowest BCUT2D eigenvalue weighted by Crippen LogP contribution is -2.12. The molecule has 32 heteroatoms. The minimum absolute atomic E-state index is 0.0133. The molecule has 0 saturated heterocycles. The first kappa shape index (κ1) is 56.4. The minimum atomic E-state index is -4.74. The van der Waals surface area contributed by atoms with Crippen molar-refractivity contribution in [1.29, 1.82) is 0 Å². The predicted octanol–water partition coefficient (Wildman–Crippen LogP) is 8.93. The van der Waals surface area contributed by atoms with Crippen molar-refractivity contribution >= 4 is 116 Å². The number of benzene rings is 5. The smallest absolute Gasteiger partial charge is 0.298 e. The molecule has 0 unspecified atom stereocenters. The van der Waals surface area contributed by atoms with Gasteiger partial charge >= 0.3 is 0 Å². The Kier molecular flexibility index (Phi) is 18.6. The van der Waals surface area contributed by atoms with E-state index in [1.165, 1.54) is 62.8 Å². The third kappa shape index (κ3) is 16.8. The summed E-state index contributed by atoms with van der Waals surface area (Å²) >= 11 is 13.4. The largest absolute Gasteiger partial charge is 0.495 e. The van der Waals surface area contributed by atoms with Crippen LogP contribution in [0.25, 0.3) is 0 Å². The van der Waals surface area contributed by atoms with Gasteiger partial charge in [0.1, 0.15) is 44.2 Å². The zero-order valence-electron chi connectivity index (χ0n) is 38.3. The van der Waals surface area contributed by atoms with E-state index in [1.54, 1.807) is 0 Å². The third-order valence-electron chi connectivity index (χ3n) is 9.52. The fourth-order valence-electron chi connectivity index (χ4n) is 6.19. The molecule has 1 heterocycles. The molecule has 6 rings (SSSR count). The van der Waals surface area contributed by atoms with Crippen LogP contribution in [-0.4, -0.2) is 106 Å². The fraction of sp³-hybridized carbons (Fsp3) is 0.214. The molecule has 74 heavy (non-hydrogen) atoms. The normalized spacial score (nSPS) is 12.2. The highest BCUT2D eigenvalue weighted by molar-refractivity contribution is 7.86. The molecule has 0 radical (unpaired) electrons. The van der Waals surface area contributed by atoms with Crippen LogP contribution in [0, 0.1) is 0 Å². The summed E-state index contributed by atoms with van der Waals surface area (Å²) in [5.74, 6) is -2.02. The maximum Gasteiger partial charge on any atom is 0.298 e. The molecule has 0 aliphatic carbocycles. The van der Waals surface area contributed by atoms with E-state index in [0.29, 0.717) is 0 Å². The molecule has 6 aromatic rings. The Hall–Kier alpha value is -6.87. The van der Waals surface area contributed by atoms with E-state index in [0.717, 1.165) is 17.7 Å². The monoisotopic (exact) mass is 1140 g/mol. The number of rotatable bonds is 25. The standard InChI is InChI=1S/C42H42Cl2N10O16S4/c1-67-34-12-10-26(18-38(34)73(61,62)63)51-53-30-22-36(69-14-6-16-71(55,56)57)32(20-28(30)43)46-41-48-40(45-24-25-8-4-3-5-9-25)49-42(50-41)47-33-21-29(44)31(23-37(33)70-15-7-17-72(58,59)60)54-52-27-11-13-35(68-2)39(19-27)74(64,65)66/h3-5,8-13,18-23H,6-7,14-17,24H2,1-2H3,(H,55,56,57)(H,58,59,60)(H,61,62,63)(H,64,65,66)(H3,45,46,47,48,49,50). The molecule has 0 atom stereocenters. The summed E-state index contributed by atoms with van der Waals surface area (Å²) in [5.41, 5.74) is 0.836. The Morgan fingerprint density at radius 3 is 1.34 bits per heavy atom. The molecular weight excluding hydrogens is 1100 g/mol. The molecule has 0 aliphatic heterocycles. The molecule has 1 aromatic heterocycles. The molecule has 5 aromatic carbocycles. The Balaban J connectivity index is 1.39. The fourth-order valence-corrected chi connectivity index (χ4v) is 8.90. The van der Waals surface area contributed by atoms with Crippen molar-refractivity contribution in [1.82, 2.24) is 15.0 Å². The van der Waals surface area contributed by atoms with Gasteiger partial charge in [0.25, 0.3) is 40.5 Å². The van der Waals surface area contributed by atoms with E-state index in [2.05, 4.69) is 51.4 Å². The first-order chi connectivity index (χ1) is 34.9. The second kappa shape index (κ2) is 24.4. The molecule has 394 valence electrons. The Morgan fingerprint density at radius 1 is 0.527 bits per heavy atom. The first-order valence-corrected chi connectivity index (χ1v) is 27.8.